The normalized spacial score (nSPS) is 10.0. The Morgan fingerprint density at radius 3 is 2.82 bits per heavy atom. The lowest BCUT2D eigenvalue weighted by molar-refractivity contribution is 0.355. The van der Waals surface area contributed by atoms with E-state index in [9.17, 15) is 9.18 Å². The number of methoxy groups -OCH3 is 1. The summed E-state index contributed by atoms with van der Waals surface area (Å²) in [7, 11) is 1.31. The largest absolute Gasteiger partial charge is 0.487 e. The Labute approximate surface area is 95.8 Å². The van der Waals surface area contributed by atoms with E-state index in [0.29, 0.717) is 0 Å². The Bertz CT molecular complexity index is 583. The van der Waals surface area contributed by atoms with Crippen molar-refractivity contribution in [2.24, 2.45) is 0 Å². The van der Waals surface area contributed by atoms with Gasteiger partial charge >= 0.3 is 0 Å². The highest BCUT2D eigenvalue weighted by Gasteiger charge is 2.13. The van der Waals surface area contributed by atoms with Crippen LogP contribution in [0.25, 0.3) is 0 Å². The summed E-state index contributed by atoms with van der Waals surface area (Å²) in [5.74, 6) is -0.752. The summed E-state index contributed by atoms with van der Waals surface area (Å²) in [6.45, 7) is 0. The van der Waals surface area contributed by atoms with Gasteiger partial charge in [-0.1, -0.05) is 12.1 Å². The van der Waals surface area contributed by atoms with E-state index in [2.05, 4.69) is 9.97 Å². The van der Waals surface area contributed by atoms with Crippen LogP contribution in [-0.2, 0) is 0 Å². The van der Waals surface area contributed by atoms with Crippen LogP contribution in [0.15, 0.2) is 35.4 Å². The second-order valence-corrected chi connectivity index (χ2v) is 3.10. The molecule has 0 aliphatic rings. The monoisotopic (exact) mass is 236 g/mol. The number of halogens is 1. The molecule has 2 aromatic rings. The molecule has 0 amide bonds. The molecule has 1 aromatic carbocycles. The van der Waals surface area contributed by atoms with Crippen LogP contribution in [0, 0.1) is 5.82 Å². The highest BCUT2D eigenvalue weighted by Crippen LogP contribution is 2.26. The van der Waals surface area contributed by atoms with Crippen molar-refractivity contribution in [3.63, 3.8) is 0 Å². The number of benzene rings is 1. The minimum absolute atomic E-state index is 0.0242. The maximum Gasteiger partial charge on any atom is 0.297 e. The fourth-order valence-electron chi connectivity index (χ4n) is 1.26. The van der Waals surface area contributed by atoms with E-state index >= 15 is 0 Å². The molecule has 1 aromatic heterocycles. The van der Waals surface area contributed by atoms with Gasteiger partial charge in [0.25, 0.3) is 11.4 Å². The molecule has 0 spiro atoms. The lowest BCUT2D eigenvalue weighted by Crippen LogP contribution is -2.11. The molecule has 1 N–H and O–H groups in total. The number of nitrogens with one attached hydrogen (secondary N) is 1. The first-order valence-electron chi connectivity index (χ1n) is 4.76. The van der Waals surface area contributed by atoms with Gasteiger partial charge in [-0.2, -0.15) is 0 Å². The molecule has 0 saturated carbocycles. The first-order chi connectivity index (χ1) is 8.22. The van der Waals surface area contributed by atoms with E-state index in [1.165, 1.54) is 25.3 Å². The fourth-order valence-corrected chi connectivity index (χ4v) is 1.26. The summed E-state index contributed by atoms with van der Waals surface area (Å²) >= 11 is 0. The predicted molar refractivity (Wildman–Crippen MR) is 57.9 cm³/mol. The van der Waals surface area contributed by atoms with Gasteiger partial charge in [0, 0.05) is 0 Å². The summed E-state index contributed by atoms with van der Waals surface area (Å²) in [5.41, 5.74) is -0.492. The van der Waals surface area contributed by atoms with E-state index in [0.717, 1.165) is 6.33 Å². The van der Waals surface area contributed by atoms with E-state index in [1.54, 1.807) is 6.07 Å². The molecular weight excluding hydrogens is 227 g/mol. The van der Waals surface area contributed by atoms with Crippen molar-refractivity contribution < 1.29 is 13.9 Å². The topological polar surface area (TPSA) is 64.2 Å². The van der Waals surface area contributed by atoms with E-state index in [1.807, 2.05) is 0 Å². The Morgan fingerprint density at radius 1 is 1.35 bits per heavy atom. The second kappa shape index (κ2) is 4.65. The van der Waals surface area contributed by atoms with Crippen LogP contribution in [-0.4, -0.2) is 17.1 Å². The molecule has 0 aliphatic carbocycles. The molecule has 0 unspecified atom stereocenters. The molecule has 88 valence electrons. The van der Waals surface area contributed by atoms with Crippen LogP contribution in [0.2, 0.25) is 0 Å². The van der Waals surface area contributed by atoms with Gasteiger partial charge in [-0.15, -0.1) is 0 Å². The standard InChI is InChI=1S/C11H9FN2O3/c1-16-9-10(15)13-6-14-11(9)17-8-5-3-2-4-7(8)12/h2-6H,1H3,(H,13,14,15). The minimum Gasteiger partial charge on any atom is -0.487 e. The lowest BCUT2D eigenvalue weighted by Gasteiger charge is -2.07. The maximum absolute atomic E-state index is 13.3. The van der Waals surface area contributed by atoms with E-state index in [-0.39, 0.29) is 17.4 Å². The molecule has 1 heterocycles. The molecule has 0 fully saturated rings. The van der Waals surface area contributed by atoms with Gasteiger partial charge in [0.15, 0.2) is 11.6 Å². The van der Waals surface area contributed by atoms with Crippen molar-refractivity contribution in [1.29, 1.82) is 0 Å². The van der Waals surface area contributed by atoms with Crippen molar-refractivity contribution in [3.8, 4) is 17.4 Å². The van der Waals surface area contributed by atoms with Crippen LogP contribution in [0.1, 0.15) is 0 Å². The van der Waals surface area contributed by atoms with Gasteiger partial charge < -0.3 is 14.5 Å². The molecule has 0 saturated heterocycles. The molecular formula is C11H9FN2O3. The smallest absolute Gasteiger partial charge is 0.297 e. The Kier molecular flexibility index (Phi) is 3.04. The van der Waals surface area contributed by atoms with Crippen molar-refractivity contribution in [2.75, 3.05) is 7.11 Å². The summed E-state index contributed by atoms with van der Waals surface area (Å²) in [6.07, 6.45) is 1.15. The van der Waals surface area contributed by atoms with Crippen molar-refractivity contribution >= 4 is 0 Å². The number of ether oxygens (including phenoxy) is 2. The summed E-state index contributed by atoms with van der Waals surface area (Å²) < 4.78 is 23.3. The summed E-state index contributed by atoms with van der Waals surface area (Å²) in [5, 5.41) is 0. The zero-order valence-electron chi connectivity index (χ0n) is 8.94. The number of aromatic amines is 1. The Hall–Kier alpha value is -2.37. The minimum atomic E-state index is -0.545. The van der Waals surface area contributed by atoms with Gasteiger partial charge in [-0.05, 0) is 12.1 Å². The average molecular weight is 236 g/mol. The predicted octanol–water partition coefficient (Wildman–Crippen LogP) is 1.71. The first kappa shape index (κ1) is 11.1. The van der Waals surface area contributed by atoms with Crippen LogP contribution in [0.3, 0.4) is 0 Å². The molecule has 5 nitrogen and oxygen atoms in total. The molecule has 0 atom stereocenters. The SMILES string of the molecule is COc1c(Oc2ccccc2F)nc[nH]c1=O. The van der Waals surface area contributed by atoms with E-state index in [4.69, 9.17) is 9.47 Å². The number of aromatic nitrogens is 2. The number of para-hydroxylation sites is 1. The first-order valence-corrected chi connectivity index (χ1v) is 4.76. The van der Waals surface area contributed by atoms with Crippen molar-refractivity contribution in [3.05, 3.63) is 46.8 Å². The van der Waals surface area contributed by atoms with Gasteiger partial charge in [0.1, 0.15) is 0 Å². The van der Waals surface area contributed by atoms with Crippen LogP contribution < -0.4 is 15.0 Å². The Balaban J connectivity index is 2.40. The van der Waals surface area contributed by atoms with Crippen molar-refractivity contribution in [2.45, 2.75) is 0 Å². The highest BCUT2D eigenvalue weighted by atomic mass is 19.1. The van der Waals surface area contributed by atoms with Gasteiger partial charge in [-0.3, -0.25) is 4.79 Å². The number of nitrogens with zero attached hydrogens (tertiary/aromatic N) is 1. The molecule has 0 aliphatic heterocycles. The average Bonchev–Trinajstić information content (AvgIpc) is 2.32. The third-order valence-corrected chi connectivity index (χ3v) is 2.03. The second-order valence-electron chi connectivity index (χ2n) is 3.10. The van der Waals surface area contributed by atoms with Crippen LogP contribution >= 0.6 is 0 Å². The molecule has 6 heteroatoms. The lowest BCUT2D eigenvalue weighted by atomic mass is 10.3. The van der Waals surface area contributed by atoms with Gasteiger partial charge in [0.2, 0.25) is 5.75 Å². The summed E-state index contributed by atoms with van der Waals surface area (Å²) in [6, 6.07) is 5.81. The summed E-state index contributed by atoms with van der Waals surface area (Å²) in [4.78, 5) is 17.5. The zero-order chi connectivity index (χ0) is 12.3. The third-order valence-electron chi connectivity index (χ3n) is 2.03. The number of hydrogen-bond acceptors (Lipinski definition) is 4. The number of H-pyrrole nitrogens is 1. The molecule has 0 bridgehead atoms. The fraction of sp³-hybridized carbons (Fsp3) is 0.0909. The quantitative estimate of drug-likeness (QED) is 0.881. The van der Waals surface area contributed by atoms with Gasteiger partial charge in [-0.25, -0.2) is 9.37 Å². The number of hydrogen-bond donors (Lipinski definition) is 1. The highest BCUT2D eigenvalue weighted by molar-refractivity contribution is 5.35. The van der Waals surface area contributed by atoms with Crippen LogP contribution in [0.5, 0.6) is 17.4 Å². The zero-order valence-corrected chi connectivity index (χ0v) is 8.94. The van der Waals surface area contributed by atoms with E-state index < -0.39 is 11.4 Å². The van der Waals surface area contributed by atoms with Crippen LogP contribution in [0.4, 0.5) is 4.39 Å². The van der Waals surface area contributed by atoms with Gasteiger partial charge in [0.05, 0.1) is 13.4 Å². The Morgan fingerprint density at radius 2 is 2.12 bits per heavy atom. The maximum atomic E-state index is 13.3. The third kappa shape index (κ3) is 2.25. The molecule has 2 rings (SSSR count). The van der Waals surface area contributed by atoms with Crippen molar-refractivity contribution in [1.82, 2.24) is 9.97 Å². The number of rotatable bonds is 3. The molecule has 0 radical (unpaired) electrons. The molecule has 17 heavy (non-hydrogen) atoms.